The van der Waals surface area contributed by atoms with Crippen molar-refractivity contribution in [2.24, 2.45) is 0 Å². The van der Waals surface area contributed by atoms with E-state index in [1.165, 1.54) is 10.9 Å². The Bertz CT molecular complexity index is 898. The number of esters is 1. The molecule has 1 heterocycles. The fraction of sp³-hybridized carbons (Fsp3) is 0.500. The number of halogens is 2. The van der Waals surface area contributed by atoms with E-state index >= 15 is 0 Å². The number of amides is 1. The molecule has 2 N–H and O–H groups in total. The van der Waals surface area contributed by atoms with Crippen molar-refractivity contribution in [3.05, 3.63) is 34.6 Å². The lowest BCUT2D eigenvalue weighted by Gasteiger charge is -2.22. The third-order valence-corrected chi connectivity index (χ3v) is 4.37. The Morgan fingerprint density at radius 3 is 2.61 bits per heavy atom. The minimum absolute atomic E-state index is 0.122. The van der Waals surface area contributed by atoms with Crippen LogP contribution in [-0.2, 0) is 19.1 Å². The first kappa shape index (κ1) is 25.1. The lowest BCUT2D eigenvalue weighted by molar-refractivity contribution is -0.146. The zero-order valence-corrected chi connectivity index (χ0v) is 19.5. The van der Waals surface area contributed by atoms with Gasteiger partial charge in [-0.2, -0.15) is 0 Å². The molecule has 1 amide bonds. The molecule has 1 aromatic carbocycles. The summed E-state index contributed by atoms with van der Waals surface area (Å²) < 4.78 is 12.2. The van der Waals surface area contributed by atoms with Crippen LogP contribution in [0.25, 0.3) is 5.69 Å². The van der Waals surface area contributed by atoms with Gasteiger partial charge >= 0.3 is 5.97 Å². The molecular formula is C20H27Cl2N5O4. The predicted octanol–water partition coefficient (Wildman–Crippen LogP) is 3.24. The average molecular weight is 472 g/mol. The fourth-order valence-corrected chi connectivity index (χ4v) is 2.91. The van der Waals surface area contributed by atoms with Crippen molar-refractivity contribution in [2.75, 3.05) is 25.1 Å². The molecule has 31 heavy (non-hydrogen) atoms. The zero-order chi connectivity index (χ0) is 23.0. The van der Waals surface area contributed by atoms with Crippen molar-refractivity contribution in [2.45, 2.75) is 45.8 Å². The van der Waals surface area contributed by atoms with Crippen molar-refractivity contribution < 1.29 is 19.1 Å². The quantitative estimate of drug-likeness (QED) is 0.512. The van der Waals surface area contributed by atoms with Crippen LogP contribution in [0, 0.1) is 0 Å². The molecule has 0 saturated heterocycles. The number of aromatic nitrogens is 3. The van der Waals surface area contributed by atoms with Gasteiger partial charge in [-0.15, -0.1) is 5.10 Å². The van der Waals surface area contributed by atoms with Crippen LogP contribution in [-0.4, -0.2) is 58.3 Å². The lowest BCUT2D eigenvalue weighted by Crippen LogP contribution is -2.43. The van der Waals surface area contributed by atoms with Gasteiger partial charge in [0.05, 0.1) is 36.3 Å². The van der Waals surface area contributed by atoms with E-state index in [-0.39, 0.29) is 29.8 Å². The number of hydrogen-bond acceptors (Lipinski definition) is 7. The predicted molar refractivity (Wildman–Crippen MR) is 119 cm³/mol. The van der Waals surface area contributed by atoms with Gasteiger partial charge in [0, 0.05) is 11.6 Å². The van der Waals surface area contributed by atoms with Crippen LogP contribution in [0.1, 0.15) is 34.1 Å². The molecule has 2 rings (SSSR count). The maximum atomic E-state index is 12.6. The smallest absolute Gasteiger partial charge is 0.323 e. The zero-order valence-electron chi connectivity index (χ0n) is 17.9. The summed E-state index contributed by atoms with van der Waals surface area (Å²) in [6.07, 6.45) is 1.87. The highest BCUT2D eigenvalue weighted by atomic mass is 35.5. The monoisotopic (exact) mass is 471 g/mol. The van der Waals surface area contributed by atoms with E-state index in [0.717, 1.165) is 0 Å². The molecule has 0 fully saturated rings. The van der Waals surface area contributed by atoms with E-state index in [4.69, 9.17) is 32.7 Å². The van der Waals surface area contributed by atoms with E-state index in [1.54, 1.807) is 25.1 Å². The van der Waals surface area contributed by atoms with Crippen molar-refractivity contribution in [1.82, 2.24) is 20.3 Å². The van der Waals surface area contributed by atoms with Gasteiger partial charge in [0.2, 0.25) is 5.91 Å². The number of nitrogens with one attached hydrogen (secondary N) is 2. The second-order valence-electron chi connectivity index (χ2n) is 7.63. The van der Waals surface area contributed by atoms with Gasteiger partial charge < -0.3 is 14.8 Å². The number of anilines is 1. The van der Waals surface area contributed by atoms with Crippen LogP contribution in [0.4, 0.5) is 5.69 Å². The summed E-state index contributed by atoms with van der Waals surface area (Å²) >= 11 is 11.9. The maximum Gasteiger partial charge on any atom is 0.323 e. The van der Waals surface area contributed by atoms with Gasteiger partial charge in [0.1, 0.15) is 6.04 Å². The van der Waals surface area contributed by atoms with Crippen LogP contribution in [0.3, 0.4) is 0 Å². The topological polar surface area (TPSA) is 107 Å². The lowest BCUT2D eigenvalue weighted by atomic mass is 10.1. The Morgan fingerprint density at radius 2 is 2.00 bits per heavy atom. The molecule has 0 aliphatic heterocycles. The van der Waals surface area contributed by atoms with Gasteiger partial charge in [-0.05, 0) is 52.3 Å². The number of benzene rings is 1. The molecule has 0 radical (unpaired) electrons. The molecule has 0 aliphatic rings. The molecule has 170 valence electrons. The van der Waals surface area contributed by atoms with E-state index in [1.807, 2.05) is 20.8 Å². The molecule has 1 atom stereocenters. The maximum absolute atomic E-state index is 12.6. The first-order chi connectivity index (χ1) is 14.6. The Balaban J connectivity index is 2.03. The van der Waals surface area contributed by atoms with Crippen LogP contribution >= 0.6 is 23.2 Å². The molecule has 0 spiro atoms. The molecule has 0 saturated carbocycles. The minimum atomic E-state index is -0.680. The normalized spacial score (nSPS) is 12.5. The third kappa shape index (κ3) is 8.45. The SMILES string of the molecule is CCOC(=O)C(CCOC(C)(C)C)NCC(=O)Nc1cc(Cl)ccc1-n1cc(Cl)nn1. The first-order valence-electron chi connectivity index (χ1n) is 9.80. The molecule has 1 aromatic heterocycles. The molecule has 11 heteroatoms. The summed E-state index contributed by atoms with van der Waals surface area (Å²) in [4.78, 5) is 24.8. The van der Waals surface area contributed by atoms with E-state index in [2.05, 4.69) is 20.9 Å². The molecule has 2 aromatic rings. The van der Waals surface area contributed by atoms with Crippen molar-refractivity contribution >= 4 is 40.8 Å². The van der Waals surface area contributed by atoms with Crippen molar-refractivity contribution in [3.8, 4) is 5.69 Å². The first-order valence-corrected chi connectivity index (χ1v) is 10.6. The van der Waals surface area contributed by atoms with Crippen LogP contribution in [0.15, 0.2) is 24.4 Å². The minimum Gasteiger partial charge on any atom is -0.465 e. The van der Waals surface area contributed by atoms with Gasteiger partial charge in [-0.25, -0.2) is 4.68 Å². The molecule has 0 bridgehead atoms. The summed E-state index contributed by atoms with van der Waals surface area (Å²) in [7, 11) is 0. The number of rotatable bonds is 10. The molecule has 1 unspecified atom stereocenters. The highest BCUT2D eigenvalue weighted by Gasteiger charge is 2.22. The Hall–Kier alpha value is -2.20. The molecule has 9 nitrogen and oxygen atoms in total. The number of nitrogens with zero attached hydrogens (tertiary/aromatic N) is 3. The summed E-state index contributed by atoms with van der Waals surface area (Å²) in [6, 6.07) is 4.25. The summed E-state index contributed by atoms with van der Waals surface area (Å²) in [5, 5.41) is 14.0. The van der Waals surface area contributed by atoms with E-state index in [0.29, 0.717) is 29.4 Å². The number of carbonyl (C=O) groups excluding carboxylic acids is 2. The van der Waals surface area contributed by atoms with Crippen LogP contribution < -0.4 is 10.6 Å². The Kier molecular flexibility index (Phi) is 9.24. The Labute approximate surface area is 191 Å². The van der Waals surface area contributed by atoms with E-state index in [9.17, 15) is 9.59 Å². The van der Waals surface area contributed by atoms with Gasteiger partial charge in [-0.1, -0.05) is 28.4 Å². The van der Waals surface area contributed by atoms with Crippen LogP contribution in [0.5, 0.6) is 0 Å². The fourth-order valence-electron chi connectivity index (χ4n) is 2.61. The molecule has 0 aliphatic carbocycles. The average Bonchev–Trinajstić information content (AvgIpc) is 3.10. The van der Waals surface area contributed by atoms with Crippen molar-refractivity contribution in [3.63, 3.8) is 0 Å². The van der Waals surface area contributed by atoms with Gasteiger partial charge in [0.25, 0.3) is 0 Å². The Morgan fingerprint density at radius 1 is 1.26 bits per heavy atom. The second kappa shape index (κ2) is 11.4. The molecular weight excluding hydrogens is 445 g/mol. The number of carbonyl (C=O) groups is 2. The summed E-state index contributed by atoms with van der Waals surface area (Å²) in [6.45, 7) is 7.98. The standard InChI is InChI=1S/C20H27Cl2N5O4/c1-5-30-19(29)14(8-9-31-20(2,3)4)23-11-18(28)24-15-10-13(21)6-7-16(15)27-12-17(22)25-26-27/h6-7,10,12,14,23H,5,8-9,11H2,1-4H3,(H,24,28). The van der Waals surface area contributed by atoms with Gasteiger partial charge in [0.15, 0.2) is 5.15 Å². The summed E-state index contributed by atoms with van der Waals surface area (Å²) in [5.41, 5.74) is 0.631. The third-order valence-electron chi connectivity index (χ3n) is 3.97. The van der Waals surface area contributed by atoms with Crippen LogP contribution in [0.2, 0.25) is 10.2 Å². The number of ether oxygens (including phenoxy) is 2. The van der Waals surface area contributed by atoms with E-state index < -0.39 is 12.0 Å². The second-order valence-corrected chi connectivity index (χ2v) is 8.45. The summed E-state index contributed by atoms with van der Waals surface area (Å²) in [5.74, 6) is -0.811. The van der Waals surface area contributed by atoms with Crippen molar-refractivity contribution in [1.29, 1.82) is 0 Å². The highest BCUT2D eigenvalue weighted by Crippen LogP contribution is 2.24. The highest BCUT2D eigenvalue weighted by molar-refractivity contribution is 6.31. The largest absolute Gasteiger partial charge is 0.465 e. The van der Waals surface area contributed by atoms with Gasteiger partial charge in [-0.3, -0.25) is 14.9 Å². The number of hydrogen-bond donors (Lipinski definition) is 2.